The van der Waals surface area contributed by atoms with Crippen molar-refractivity contribution in [2.24, 2.45) is 5.84 Å². The number of anilines is 1. The van der Waals surface area contributed by atoms with Crippen LogP contribution in [0.25, 0.3) is 0 Å². The van der Waals surface area contributed by atoms with Gasteiger partial charge in [-0.3, -0.25) is 4.79 Å². The molecule has 3 aromatic rings. The lowest BCUT2D eigenvalue weighted by Crippen LogP contribution is -2.41. The SMILES string of the molecule is COc1ccc(N(N)C(=O)C(c2ccccc2)c2ccccc2)cc1. The first-order chi connectivity index (χ1) is 12.2. The molecule has 4 heteroatoms. The van der Waals surface area contributed by atoms with Crippen LogP contribution < -0.4 is 15.6 Å². The molecule has 0 aliphatic rings. The van der Waals surface area contributed by atoms with Crippen LogP contribution in [-0.4, -0.2) is 13.0 Å². The van der Waals surface area contributed by atoms with Crippen LogP contribution in [-0.2, 0) is 4.79 Å². The zero-order valence-corrected chi connectivity index (χ0v) is 14.0. The van der Waals surface area contributed by atoms with Crippen LogP contribution in [0.3, 0.4) is 0 Å². The highest BCUT2D eigenvalue weighted by Gasteiger charge is 2.26. The average Bonchev–Trinajstić information content (AvgIpc) is 2.69. The minimum atomic E-state index is -0.463. The second-order valence-electron chi connectivity index (χ2n) is 5.66. The van der Waals surface area contributed by atoms with Gasteiger partial charge in [-0.25, -0.2) is 10.9 Å². The first-order valence-electron chi connectivity index (χ1n) is 8.03. The summed E-state index contributed by atoms with van der Waals surface area (Å²) in [5, 5.41) is 1.20. The molecule has 0 aliphatic carbocycles. The number of benzene rings is 3. The fraction of sp³-hybridized carbons (Fsp3) is 0.0952. The smallest absolute Gasteiger partial charge is 0.253 e. The molecule has 4 nitrogen and oxygen atoms in total. The normalized spacial score (nSPS) is 10.5. The van der Waals surface area contributed by atoms with Crippen LogP contribution in [0.15, 0.2) is 84.9 Å². The second kappa shape index (κ2) is 7.64. The molecular formula is C21H20N2O2. The molecule has 0 saturated carbocycles. The number of nitrogens with zero attached hydrogens (tertiary/aromatic N) is 1. The predicted octanol–water partition coefficient (Wildman–Crippen LogP) is 3.73. The van der Waals surface area contributed by atoms with Crippen molar-refractivity contribution in [2.75, 3.05) is 12.1 Å². The molecule has 3 rings (SSSR count). The van der Waals surface area contributed by atoms with E-state index in [-0.39, 0.29) is 5.91 Å². The summed E-state index contributed by atoms with van der Waals surface area (Å²) in [5.41, 5.74) is 2.42. The van der Waals surface area contributed by atoms with E-state index in [0.717, 1.165) is 11.1 Å². The monoisotopic (exact) mass is 332 g/mol. The zero-order valence-electron chi connectivity index (χ0n) is 14.0. The van der Waals surface area contributed by atoms with Crippen molar-refractivity contribution >= 4 is 11.6 Å². The number of nitrogens with two attached hydrogens (primary N) is 1. The molecule has 0 heterocycles. The van der Waals surface area contributed by atoms with Gasteiger partial charge in [-0.1, -0.05) is 60.7 Å². The number of hydrogen-bond acceptors (Lipinski definition) is 3. The van der Waals surface area contributed by atoms with Gasteiger partial charge >= 0.3 is 0 Å². The van der Waals surface area contributed by atoms with Crippen LogP contribution in [0.5, 0.6) is 5.75 Å². The van der Waals surface area contributed by atoms with E-state index in [1.54, 1.807) is 31.4 Å². The van der Waals surface area contributed by atoms with Crippen molar-refractivity contribution in [1.82, 2.24) is 0 Å². The lowest BCUT2D eigenvalue weighted by molar-refractivity contribution is -0.119. The number of rotatable bonds is 5. The Hall–Kier alpha value is -3.11. The largest absolute Gasteiger partial charge is 0.497 e. The Balaban J connectivity index is 1.96. The molecule has 0 saturated heterocycles. The Kier molecular flexibility index (Phi) is 5.11. The van der Waals surface area contributed by atoms with Gasteiger partial charge in [0.1, 0.15) is 5.75 Å². The molecule has 0 unspecified atom stereocenters. The molecule has 0 spiro atoms. The van der Waals surface area contributed by atoms with Crippen LogP contribution in [0.4, 0.5) is 5.69 Å². The number of ether oxygens (including phenoxy) is 1. The van der Waals surface area contributed by atoms with E-state index in [1.165, 1.54) is 5.01 Å². The number of carbonyl (C=O) groups is 1. The van der Waals surface area contributed by atoms with Crippen molar-refractivity contribution in [3.8, 4) is 5.75 Å². The van der Waals surface area contributed by atoms with Crippen molar-refractivity contribution in [2.45, 2.75) is 5.92 Å². The van der Waals surface area contributed by atoms with Gasteiger partial charge in [-0.2, -0.15) is 0 Å². The van der Waals surface area contributed by atoms with Crippen LogP contribution >= 0.6 is 0 Å². The van der Waals surface area contributed by atoms with Gasteiger partial charge in [-0.05, 0) is 35.4 Å². The van der Waals surface area contributed by atoms with Gasteiger partial charge in [0.15, 0.2) is 0 Å². The third-order valence-corrected chi connectivity index (χ3v) is 4.10. The summed E-state index contributed by atoms with van der Waals surface area (Å²) in [6.45, 7) is 0. The van der Waals surface area contributed by atoms with E-state index in [1.807, 2.05) is 60.7 Å². The molecule has 0 radical (unpaired) electrons. The summed E-state index contributed by atoms with van der Waals surface area (Å²) >= 11 is 0. The van der Waals surface area contributed by atoms with E-state index < -0.39 is 5.92 Å². The lowest BCUT2D eigenvalue weighted by atomic mass is 9.90. The minimum Gasteiger partial charge on any atom is -0.497 e. The maximum absolute atomic E-state index is 13.2. The Bertz CT molecular complexity index is 778. The molecule has 3 aromatic carbocycles. The standard InChI is InChI=1S/C21H20N2O2/c1-25-19-14-12-18(13-15-19)23(22)21(24)20(16-8-4-2-5-9-16)17-10-6-3-7-11-17/h2-15,20H,22H2,1H3. The number of carbonyl (C=O) groups excluding carboxylic acids is 1. The van der Waals surface area contributed by atoms with Crippen LogP contribution in [0.1, 0.15) is 17.0 Å². The first kappa shape index (κ1) is 16.7. The Morgan fingerprint density at radius 2 is 1.32 bits per heavy atom. The van der Waals surface area contributed by atoms with E-state index in [9.17, 15) is 4.79 Å². The maximum Gasteiger partial charge on any atom is 0.253 e. The molecule has 0 aromatic heterocycles. The quantitative estimate of drug-likeness (QED) is 0.440. The van der Waals surface area contributed by atoms with Gasteiger partial charge in [0.25, 0.3) is 5.91 Å². The van der Waals surface area contributed by atoms with Crippen molar-refractivity contribution in [1.29, 1.82) is 0 Å². The molecule has 0 bridgehead atoms. The van der Waals surface area contributed by atoms with Gasteiger partial charge in [0, 0.05) is 0 Å². The molecule has 126 valence electrons. The molecular weight excluding hydrogens is 312 g/mol. The highest BCUT2D eigenvalue weighted by Crippen LogP contribution is 2.28. The highest BCUT2D eigenvalue weighted by atomic mass is 16.5. The summed E-state index contributed by atoms with van der Waals surface area (Å²) in [7, 11) is 1.60. The molecule has 25 heavy (non-hydrogen) atoms. The topological polar surface area (TPSA) is 55.6 Å². The van der Waals surface area contributed by atoms with Crippen molar-refractivity contribution in [3.63, 3.8) is 0 Å². The third-order valence-electron chi connectivity index (χ3n) is 4.10. The predicted molar refractivity (Wildman–Crippen MR) is 99.4 cm³/mol. The zero-order chi connectivity index (χ0) is 17.6. The van der Waals surface area contributed by atoms with Crippen molar-refractivity contribution < 1.29 is 9.53 Å². The first-order valence-corrected chi connectivity index (χ1v) is 8.03. The molecule has 0 atom stereocenters. The summed E-state index contributed by atoms with van der Waals surface area (Å²) in [5.74, 6) is 6.21. The summed E-state index contributed by atoms with van der Waals surface area (Å²) in [4.78, 5) is 13.2. The van der Waals surface area contributed by atoms with Gasteiger partial charge in [0.05, 0.1) is 18.7 Å². The Morgan fingerprint density at radius 3 is 1.76 bits per heavy atom. The molecule has 0 fully saturated rings. The second-order valence-corrected chi connectivity index (χ2v) is 5.66. The summed E-state index contributed by atoms with van der Waals surface area (Å²) < 4.78 is 5.15. The Labute approximate surface area is 147 Å². The summed E-state index contributed by atoms with van der Waals surface area (Å²) in [6.07, 6.45) is 0. The van der Waals surface area contributed by atoms with E-state index in [2.05, 4.69) is 0 Å². The minimum absolute atomic E-state index is 0.192. The highest BCUT2D eigenvalue weighted by molar-refractivity contribution is 5.99. The number of amides is 1. The molecule has 0 aliphatic heterocycles. The number of hydrogen-bond donors (Lipinski definition) is 1. The van der Waals surface area contributed by atoms with E-state index in [0.29, 0.717) is 11.4 Å². The molecule has 1 amide bonds. The average molecular weight is 332 g/mol. The van der Waals surface area contributed by atoms with Gasteiger partial charge in [-0.15, -0.1) is 0 Å². The van der Waals surface area contributed by atoms with Crippen LogP contribution in [0.2, 0.25) is 0 Å². The Morgan fingerprint density at radius 1 is 0.840 bits per heavy atom. The summed E-state index contributed by atoms with van der Waals surface area (Å²) in [6, 6.07) is 26.4. The van der Waals surface area contributed by atoms with E-state index in [4.69, 9.17) is 10.6 Å². The van der Waals surface area contributed by atoms with Crippen LogP contribution in [0, 0.1) is 0 Å². The van der Waals surface area contributed by atoms with Crippen molar-refractivity contribution in [3.05, 3.63) is 96.1 Å². The van der Waals surface area contributed by atoms with E-state index >= 15 is 0 Å². The maximum atomic E-state index is 13.2. The number of methoxy groups -OCH3 is 1. The molecule has 2 N–H and O–H groups in total. The fourth-order valence-electron chi connectivity index (χ4n) is 2.78. The fourth-order valence-corrected chi connectivity index (χ4v) is 2.78. The van der Waals surface area contributed by atoms with Gasteiger partial charge in [0.2, 0.25) is 0 Å². The third kappa shape index (κ3) is 3.70. The van der Waals surface area contributed by atoms with Gasteiger partial charge < -0.3 is 4.74 Å². The lowest BCUT2D eigenvalue weighted by Gasteiger charge is -2.24. The number of hydrazine groups is 1.